The number of carbonyl (C=O) groups is 3. The number of amides is 2. The lowest BCUT2D eigenvalue weighted by atomic mass is 10.0. The van der Waals surface area contributed by atoms with Crippen LogP contribution in [0.3, 0.4) is 0 Å². The molecule has 0 bridgehead atoms. The van der Waals surface area contributed by atoms with Crippen LogP contribution in [0.2, 0.25) is 0 Å². The van der Waals surface area contributed by atoms with E-state index < -0.39 is 66.3 Å². The Hall–Kier alpha value is -2.76. The van der Waals surface area contributed by atoms with Gasteiger partial charge in [0.1, 0.15) is 28.9 Å². The van der Waals surface area contributed by atoms with Gasteiger partial charge in [-0.2, -0.15) is 4.90 Å². The molecule has 2 rings (SSSR count). The van der Waals surface area contributed by atoms with Gasteiger partial charge in [0.15, 0.2) is 17.9 Å². The maximum Gasteiger partial charge on any atom is 0.420 e. The smallest absolute Gasteiger partial charge is 0.420 e. The molecule has 0 aromatic heterocycles. The number of hydrogen-bond acceptors (Lipinski definition) is 9. The summed E-state index contributed by atoms with van der Waals surface area (Å²) in [5.74, 6) is -0.174. The van der Waals surface area contributed by atoms with E-state index in [1.54, 1.807) is 41.5 Å². The number of hydrogen-bond donors (Lipinski definition) is 1. The zero-order valence-corrected chi connectivity index (χ0v) is 21.8. The molecule has 4 unspecified atom stereocenters. The number of aliphatic hydroxyl groups excluding tert-OH is 1. The number of rotatable bonds is 4. The monoisotopic (exact) mass is 513 g/mol. The Labute approximate surface area is 210 Å². The van der Waals surface area contributed by atoms with E-state index in [0.29, 0.717) is 11.2 Å². The Morgan fingerprint density at radius 2 is 1.58 bits per heavy atom. The highest BCUT2D eigenvalue weighted by atomic mass is 19.1. The van der Waals surface area contributed by atoms with E-state index in [0.717, 1.165) is 0 Å². The summed E-state index contributed by atoms with van der Waals surface area (Å²) in [6, 6.07) is 5.19. The highest BCUT2D eigenvalue weighted by Gasteiger charge is 2.50. The quantitative estimate of drug-likeness (QED) is 0.603. The Balaban J connectivity index is 2.38. The molecule has 0 saturated carbocycles. The molecule has 4 atom stereocenters. The van der Waals surface area contributed by atoms with Crippen LogP contribution in [0.5, 0.6) is 5.75 Å². The van der Waals surface area contributed by atoms with Crippen LogP contribution in [0.4, 0.5) is 14.0 Å². The topological polar surface area (TPSA) is 121 Å². The van der Waals surface area contributed by atoms with Gasteiger partial charge in [-0.25, -0.2) is 14.0 Å². The molecular weight excluding hydrogens is 477 g/mol. The Kier molecular flexibility index (Phi) is 9.44. The number of ether oxygens (including phenoxy) is 5. The first-order valence-corrected chi connectivity index (χ1v) is 11.6. The Morgan fingerprint density at radius 3 is 2.06 bits per heavy atom. The van der Waals surface area contributed by atoms with Crippen LogP contribution in [0.25, 0.3) is 0 Å². The fourth-order valence-electron chi connectivity index (χ4n) is 3.26. The Morgan fingerprint density at radius 1 is 1.06 bits per heavy atom. The van der Waals surface area contributed by atoms with Gasteiger partial charge < -0.3 is 33.6 Å². The molecule has 1 saturated heterocycles. The summed E-state index contributed by atoms with van der Waals surface area (Å²) in [6.45, 7) is 9.96. The number of carbonyl (C=O) groups excluding carboxylic acids is 3. The van der Waals surface area contributed by atoms with Crippen LogP contribution in [-0.4, -0.2) is 83.4 Å². The second-order valence-electron chi connectivity index (χ2n) is 10.6. The third-order valence-electron chi connectivity index (χ3n) is 5.01. The highest BCUT2D eigenvalue weighted by molar-refractivity contribution is 5.93. The second kappa shape index (κ2) is 11.5. The number of benzene rings is 1. The summed E-state index contributed by atoms with van der Waals surface area (Å²) in [6.07, 6.45) is -4.99. The summed E-state index contributed by atoms with van der Waals surface area (Å²) in [5, 5.41) is 10.8. The predicted molar refractivity (Wildman–Crippen MR) is 126 cm³/mol. The molecule has 10 nitrogen and oxygen atoms in total. The van der Waals surface area contributed by atoms with E-state index in [4.69, 9.17) is 23.7 Å². The molecule has 11 heteroatoms. The lowest BCUT2D eigenvalue weighted by molar-refractivity contribution is -0.131. The molecule has 0 radical (unpaired) electrons. The molecule has 2 amide bonds. The first kappa shape index (κ1) is 29.5. The third-order valence-corrected chi connectivity index (χ3v) is 5.01. The fraction of sp³-hybridized carbons (Fsp3) is 0.640. The molecule has 1 aromatic carbocycles. The van der Waals surface area contributed by atoms with Gasteiger partial charge in [-0.1, -0.05) is 0 Å². The van der Waals surface area contributed by atoms with Gasteiger partial charge in [-0.15, -0.1) is 0 Å². The molecule has 1 N–H and O–H groups in total. The molecule has 1 heterocycles. The van der Waals surface area contributed by atoms with Crippen molar-refractivity contribution in [2.24, 2.45) is 0 Å². The van der Waals surface area contributed by atoms with E-state index in [2.05, 4.69) is 0 Å². The number of nitrogens with zero attached hydrogens (tertiary/aromatic N) is 1. The van der Waals surface area contributed by atoms with Gasteiger partial charge in [-0.05, 0) is 72.7 Å². The standard InChI is InChI=1S/C25H36FNO9/c1-16-20(29)19(34-18-10-8-17(26)9-11-18)12-32-14-25(13-28,15-33-16)27(21(30)35-23(2,3)4)22(31)36-24(5,6)7/h8-11,13,16,19-20,29H,12,14-15H2,1-7H3. The van der Waals surface area contributed by atoms with Crippen LogP contribution in [0.1, 0.15) is 48.5 Å². The molecule has 0 spiro atoms. The maximum absolute atomic E-state index is 13.2. The molecule has 1 aliphatic heterocycles. The van der Waals surface area contributed by atoms with Crippen molar-refractivity contribution in [3.8, 4) is 5.75 Å². The maximum atomic E-state index is 13.2. The molecule has 202 valence electrons. The molecule has 36 heavy (non-hydrogen) atoms. The number of imide groups is 1. The minimum atomic E-state index is -1.97. The van der Waals surface area contributed by atoms with Crippen LogP contribution in [0.15, 0.2) is 24.3 Å². The molecule has 1 aliphatic rings. The minimum absolute atomic E-state index is 0.238. The first-order chi connectivity index (χ1) is 16.6. The fourth-order valence-corrected chi connectivity index (χ4v) is 3.26. The average Bonchev–Trinajstić information content (AvgIpc) is 2.79. The van der Waals surface area contributed by atoms with E-state index >= 15 is 0 Å². The van der Waals surface area contributed by atoms with E-state index in [9.17, 15) is 23.9 Å². The summed E-state index contributed by atoms with van der Waals surface area (Å²) >= 11 is 0. The average molecular weight is 514 g/mol. The molecule has 1 fully saturated rings. The summed E-state index contributed by atoms with van der Waals surface area (Å²) in [7, 11) is 0. The van der Waals surface area contributed by atoms with Gasteiger partial charge in [0.2, 0.25) is 0 Å². The summed E-state index contributed by atoms with van der Waals surface area (Å²) in [5.41, 5.74) is -3.94. The van der Waals surface area contributed by atoms with E-state index in [-0.39, 0.29) is 12.4 Å². The number of halogens is 1. The second-order valence-corrected chi connectivity index (χ2v) is 10.6. The minimum Gasteiger partial charge on any atom is -0.485 e. The normalized spacial score (nSPS) is 25.5. The number of aliphatic hydroxyl groups is 1. The van der Waals surface area contributed by atoms with Crippen LogP contribution in [-0.2, 0) is 23.7 Å². The highest BCUT2D eigenvalue weighted by Crippen LogP contribution is 2.26. The number of aldehydes is 1. The van der Waals surface area contributed by atoms with Crippen LogP contribution < -0.4 is 4.74 Å². The zero-order valence-electron chi connectivity index (χ0n) is 21.8. The van der Waals surface area contributed by atoms with Gasteiger partial charge >= 0.3 is 12.2 Å². The molecule has 1 aromatic rings. The predicted octanol–water partition coefficient (Wildman–Crippen LogP) is 3.48. The first-order valence-electron chi connectivity index (χ1n) is 11.6. The van der Waals surface area contributed by atoms with Crippen molar-refractivity contribution in [1.29, 1.82) is 0 Å². The van der Waals surface area contributed by atoms with Crippen LogP contribution in [0, 0.1) is 5.82 Å². The van der Waals surface area contributed by atoms with Crippen molar-refractivity contribution in [1.82, 2.24) is 4.90 Å². The lowest BCUT2D eigenvalue weighted by Gasteiger charge is -2.39. The largest absolute Gasteiger partial charge is 0.485 e. The lowest BCUT2D eigenvalue weighted by Crippen LogP contribution is -2.63. The van der Waals surface area contributed by atoms with Crippen molar-refractivity contribution in [3.05, 3.63) is 30.1 Å². The summed E-state index contributed by atoms with van der Waals surface area (Å²) < 4.78 is 41.2. The van der Waals surface area contributed by atoms with Crippen molar-refractivity contribution in [2.75, 3.05) is 19.8 Å². The van der Waals surface area contributed by atoms with E-state index in [1.165, 1.54) is 31.2 Å². The van der Waals surface area contributed by atoms with Gasteiger partial charge in [0, 0.05) is 0 Å². The molecule has 0 aliphatic carbocycles. The van der Waals surface area contributed by atoms with Crippen molar-refractivity contribution < 1.29 is 47.6 Å². The van der Waals surface area contributed by atoms with Gasteiger partial charge in [-0.3, -0.25) is 0 Å². The van der Waals surface area contributed by atoms with Gasteiger partial charge in [0.05, 0.1) is 25.9 Å². The zero-order chi connectivity index (χ0) is 27.3. The SMILES string of the molecule is CC1OCC(C=O)(N(C(=O)OC(C)(C)C)C(=O)OC(C)(C)C)COCC(Oc2ccc(F)cc2)C1O. The molecular formula is C25H36FNO9. The van der Waals surface area contributed by atoms with Gasteiger partial charge in [0.25, 0.3) is 0 Å². The third kappa shape index (κ3) is 8.14. The van der Waals surface area contributed by atoms with Crippen LogP contribution >= 0.6 is 0 Å². The summed E-state index contributed by atoms with van der Waals surface area (Å²) in [4.78, 5) is 39.3. The van der Waals surface area contributed by atoms with Crippen molar-refractivity contribution in [3.63, 3.8) is 0 Å². The van der Waals surface area contributed by atoms with Crippen molar-refractivity contribution >= 4 is 18.5 Å². The van der Waals surface area contributed by atoms with E-state index in [1.807, 2.05) is 0 Å². The Bertz CT molecular complexity index is 882. The van der Waals surface area contributed by atoms with Crippen molar-refractivity contribution in [2.45, 2.75) is 83.5 Å².